The van der Waals surface area contributed by atoms with Crippen molar-refractivity contribution in [2.24, 2.45) is 0 Å². The summed E-state index contributed by atoms with van der Waals surface area (Å²) in [7, 11) is 0. The maximum atomic E-state index is 12.2. The molecule has 0 amide bonds. The molecule has 2 heteroatoms. The number of halogens is 2. The van der Waals surface area contributed by atoms with Gasteiger partial charge in [0.15, 0.2) is 0 Å². The van der Waals surface area contributed by atoms with Crippen molar-refractivity contribution >= 4 is 16.3 Å². The molecule has 0 nitrogen and oxygen atoms in total. The Morgan fingerprint density at radius 1 is 1.19 bits per heavy atom. The molecule has 0 unspecified atom stereocenters. The molecule has 79 valence electrons. The molecule has 2 rings (SSSR count). The van der Waals surface area contributed by atoms with Gasteiger partial charge in [-0.1, -0.05) is 30.8 Å². The predicted molar refractivity (Wildman–Crippen MR) is 62.1 cm³/mol. The lowest BCUT2D eigenvalue weighted by atomic mass is 9.99. The van der Waals surface area contributed by atoms with Crippen LogP contribution in [-0.4, -0.2) is 0 Å². The van der Waals surface area contributed by atoms with Crippen LogP contribution in [0, 0.1) is 6.07 Å². The van der Waals surface area contributed by atoms with E-state index in [0.717, 1.165) is 16.8 Å². The van der Waals surface area contributed by atoms with Gasteiger partial charge in [-0.15, -0.1) is 0 Å². The van der Waals surface area contributed by atoms with Crippen molar-refractivity contribution in [3.63, 3.8) is 0 Å². The van der Waals surface area contributed by atoms with E-state index in [0.29, 0.717) is 11.1 Å². The van der Waals surface area contributed by atoms with Crippen molar-refractivity contribution in [3.05, 3.63) is 66.8 Å². The quantitative estimate of drug-likeness (QED) is 0.650. The summed E-state index contributed by atoms with van der Waals surface area (Å²) < 4.78 is 24.3. The molecule has 0 aliphatic rings. The molecule has 2 aromatic rings. The second-order valence-corrected chi connectivity index (χ2v) is 3.42. The average Bonchev–Trinajstić information content (AvgIpc) is 2.27. The molecule has 0 aliphatic carbocycles. The van der Waals surface area contributed by atoms with Crippen molar-refractivity contribution in [2.75, 3.05) is 0 Å². The van der Waals surface area contributed by atoms with Gasteiger partial charge in [0, 0.05) is 6.08 Å². The van der Waals surface area contributed by atoms with Crippen LogP contribution in [-0.2, 0) is 0 Å². The summed E-state index contributed by atoms with van der Waals surface area (Å²) >= 11 is 0. The fraction of sp³-hybridized carbons (Fsp3) is 0. The molecular formula is C14H9F2. The third-order valence-corrected chi connectivity index (χ3v) is 2.35. The van der Waals surface area contributed by atoms with Crippen LogP contribution in [0.2, 0.25) is 0 Å². The molecule has 0 fully saturated rings. The molecule has 0 saturated heterocycles. The highest BCUT2D eigenvalue weighted by Crippen LogP contribution is 2.25. The molecule has 0 spiro atoms. The van der Waals surface area contributed by atoms with Crippen molar-refractivity contribution in [2.45, 2.75) is 0 Å². The highest BCUT2D eigenvalue weighted by molar-refractivity contribution is 5.95. The molecule has 0 atom stereocenters. The third kappa shape index (κ3) is 2.01. The molecule has 16 heavy (non-hydrogen) atoms. The minimum Gasteiger partial charge on any atom is -0.173 e. The van der Waals surface area contributed by atoms with Gasteiger partial charge in [0.2, 0.25) is 0 Å². The molecule has 0 N–H and O–H groups in total. The van der Waals surface area contributed by atoms with Crippen LogP contribution in [0.1, 0.15) is 5.56 Å². The van der Waals surface area contributed by atoms with Crippen molar-refractivity contribution in [1.82, 2.24) is 0 Å². The number of rotatable bonds is 2. The van der Waals surface area contributed by atoms with Crippen LogP contribution < -0.4 is 0 Å². The monoisotopic (exact) mass is 215 g/mol. The predicted octanol–water partition coefficient (Wildman–Crippen LogP) is 4.43. The summed E-state index contributed by atoms with van der Waals surface area (Å²) in [5.41, 5.74) is 0.985. The zero-order valence-electron chi connectivity index (χ0n) is 8.50. The second-order valence-electron chi connectivity index (χ2n) is 3.42. The number of hydrogen-bond acceptors (Lipinski definition) is 0. The fourth-order valence-electron chi connectivity index (χ4n) is 1.64. The van der Waals surface area contributed by atoms with E-state index < -0.39 is 6.08 Å². The lowest BCUT2D eigenvalue weighted by molar-refractivity contribution is 0.422. The van der Waals surface area contributed by atoms with Gasteiger partial charge in [0.1, 0.15) is 0 Å². The highest BCUT2D eigenvalue weighted by atomic mass is 19.3. The Kier molecular flexibility index (Phi) is 2.82. The first kappa shape index (κ1) is 10.6. The maximum absolute atomic E-state index is 12.2. The Bertz CT molecular complexity index is 558. The fourth-order valence-corrected chi connectivity index (χ4v) is 1.64. The number of fused-ring (bicyclic) bond motifs is 1. The summed E-state index contributed by atoms with van der Waals surface area (Å²) in [6, 6.07) is 14.0. The van der Waals surface area contributed by atoms with Gasteiger partial charge in [-0.05, 0) is 40.1 Å². The number of hydrogen-bond donors (Lipinski definition) is 0. The van der Waals surface area contributed by atoms with Crippen LogP contribution in [0.4, 0.5) is 8.78 Å². The Balaban J connectivity index is 2.61. The topological polar surface area (TPSA) is 0 Å². The van der Waals surface area contributed by atoms with E-state index in [4.69, 9.17) is 0 Å². The number of allylic oxidation sites excluding steroid dienone is 2. The largest absolute Gasteiger partial charge is 0.270 e. The Hall–Kier alpha value is -1.96. The van der Waals surface area contributed by atoms with Gasteiger partial charge < -0.3 is 0 Å². The standard InChI is InChI=1S/C14H9F2/c1-10(9-14(15)16)12-8-4-6-11-5-2-3-7-13(11)12/h2-3,5-9H,1H2. The minimum absolute atomic E-state index is 0.299. The molecular weight excluding hydrogens is 206 g/mol. The van der Waals surface area contributed by atoms with Gasteiger partial charge in [0.05, 0.1) is 0 Å². The van der Waals surface area contributed by atoms with Gasteiger partial charge in [-0.25, -0.2) is 0 Å². The molecule has 2 aromatic carbocycles. The van der Waals surface area contributed by atoms with E-state index >= 15 is 0 Å². The van der Waals surface area contributed by atoms with Gasteiger partial charge >= 0.3 is 0 Å². The summed E-state index contributed by atoms with van der Waals surface area (Å²) in [6.07, 6.45) is -0.965. The van der Waals surface area contributed by atoms with E-state index in [-0.39, 0.29) is 0 Å². The normalized spacial score (nSPS) is 10.1. The van der Waals surface area contributed by atoms with E-state index in [9.17, 15) is 8.78 Å². The first-order valence-electron chi connectivity index (χ1n) is 4.79. The van der Waals surface area contributed by atoms with Crippen molar-refractivity contribution in [1.29, 1.82) is 0 Å². The first-order valence-corrected chi connectivity index (χ1v) is 4.79. The van der Waals surface area contributed by atoms with Crippen LogP contribution in [0.3, 0.4) is 0 Å². The summed E-state index contributed by atoms with van der Waals surface area (Å²) in [5, 5.41) is 1.87. The number of benzene rings is 2. The first-order chi connectivity index (χ1) is 7.68. The average molecular weight is 215 g/mol. The molecule has 0 aliphatic heterocycles. The molecule has 0 heterocycles. The minimum atomic E-state index is -1.74. The van der Waals surface area contributed by atoms with Crippen molar-refractivity contribution in [3.8, 4) is 0 Å². The third-order valence-electron chi connectivity index (χ3n) is 2.35. The molecule has 0 bridgehead atoms. The maximum Gasteiger partial charge on any atom is 0.270 e. The lowest BCUT2D eigenvalue weighted by Gasteiger charge is -2.05. The summed E-state index contributed by atoms with van der Waals surface area (Å²) in [6.45, 7) is 3.64. The summed E-state index contributed by atoms with van der Waals surface area (Å²) in [4.78, 5) is 0. The molecule has 0 aromatic heterocycles. The Morgan fingerprint density at radius 2 is 1.94 bits per heavy atom. The van der Waals surface area contributed by atoms with Crippen LogP contribution >= 0.6 is 0 Å². The van der Waals surface area contributed by atoms with E-state index in [1.165, 1.54) is 0 Å². The Morgan fingerprint density at radius 3 is 2.69 bits per heavy atom. The highest BCUT2D eigenvalue weighted by Gasteiger charge is 2.03. The van der Waals surface area contributed by atoms with E-state index in [2.05, 4.69) is 12.6 Å². The zero-order chi connectivity index (χ0) is 11.5. The summed E-state index contributed by atoms with van der Waals surface area (Å²) in [5.74, 6) is 0. The van der Waals surface area contributed by atoms with Crippen LogP contribution in [0.5, 0.6) is 0 Å². The Labute approximate surface area is 92.5 Å². The van der Waals surface area contributed by atoms with E-state index in [1.807, 2.05) is 30.3 Å². The molecule has 1 radical (unpaired) electrons. The molecule has 0 saturated carbocycles. The van der Waals surface area contributed by atoms with E-state index in [1.54, 1.807) is 6.07 Å². The van der Waals surface area contributed by atoms with Gasteiger partial charge in [-0.3, -0.25) is 0 Å². The van der Waals surface area contributed by atoms with Crippen LogP contribution in [0.25, 0.3) is 16.3 Å². The van der Waals surface area contributed by atoms with Gasteiger partial charge in [0.25, 0.3) is 6.08 Å². The zero-order valence-corrected chi connectivity index (χ0v) is 8.50. The lowest BCUT2D eigenvalue weighted by Crippen LogP contribution is -1.83. The second kappa shape index (κ2) is 4.27. The van der Waals surface area contributed by atoms with Crippen molar-refractivity contribution < 1.29 is 8.78 Å². The smallest absolute Gasteiger partial charge is 0.173 e. The van der Waals surface area contributed by atoms with Crippen LogP contribution in [0.15, 0.2) is 55.1 Å². The SMILES string of the molecule is C=C(C=C(F)F)c1c[c]cc2ccccc12. The van der Waals surface area contributed by atoms with Gasteiger partial charge in [-0.2, -0.15) is 8.78 Å².